The van der Waals surface area contributed by atoms with E-state index in [1.54, 1.807) is 0 Å². The zero-order valence-electron chi connectivity index (χ0n) is 13.7. The molecule has 2 rings (SSSR count). The van der Waals surface area contributed by atoms with E-state index in [1.165, 1.54) is 6.92 Å². The minimum atomic E-state index is -0.283. The van der Waals surface area contributed by atoms with Gasteiger partial charge in [0.2, 0.25) is 11.8 Å². The topological polar surface area (TPSA) is 70.2 Å². The number of aryl methyl sites for hydroxylation is 1. The fourth-order valence-electron chi connectivity index (χ4n) is 2.74. The Bertz CT molecular complexity index is 513. The molecule has 2 atom stereocenters. The van der Waals surface area contributed by atoms with Crippen molar-refractivity contribution < 1.29 is 9.59 Å². The highest BCUT2D eigenvalue weighted by atomic mass is 35.5. The lowest BCUT2D eigenvalue weighted by molar-refractivity contribution is -0.123. The molecule has 0 aliphatic carbocycles. The molecular formula is C17H26ClN3O2. The van der Waals surface area contributed by atoms with Gasteiger partial charge in [0.05, 0.1) is 12.5 Å². The molecule has 0 aromatic heterocycles. The summed E-state index contributed by atoms with van der Waals surface area (Å²) in [5.41, 5.74) is 2.11. The average molecular weight is 340 g/mol. The van der Waals surface area contributed by atoms with Gasteiger partial charge in [-0.3, -0.25) is 9.59 Å². The molecule has 6 heteroatoms. The molecule has 5 nitrogen and oxygen atoms in total. The molecule has 0 bridgehead atoms. The molecule has 1 unspecified atom stereocenters. The smallest absolute Gasteiger partial charge is 0.222 e. The zero-order chi connectivity index (χ0) is 15.9. The number of hydrogen-bond acceptors (Lipinski definition) is 3. The summed E-state index contributed by atoms with van der Waals surface area (Å²) in [7, 11) is 0. The van der Waals surface area contributed by atoms with Gasteiger partial charge in [-0.25, -0.2) is 0 Å². The highest BCUT2D eigenvalue weighted by Gasteiger charge is 2.20. The van der Waals surface area contributed by atoms with Crippen LogP contribution in [0.25, 0.3) is 0 Å². The van der Waals surface area contributed by atoms with Gasteiger partial charge >= 0.3 is 0 Å². The summed E-state index contributed by atoms with van der Waals surface area (Å²) in [6.45, 7) is 5.33. The van der Waals surface area contributed by atoms with E-state index >= 15 is 0 Å². The van der Waals surface area contributed by atoms with E-state index in [-0.39, 0.29) is 42.7 Å². The first-order chi connectivity index (χ1) is 10.5. The summed E-state index contributed by atoms with van der Waals surface area (Å²) >= 11 is 0. The summed E-state index contributed by atoms with van der Waals surface area (Å²) in [4.78, 5) is 23.7. The van der Waals surface area contributed by atoms with Gasteiger partial charge in [-0.2, -0.15) is 0 Å². The first-order valence-electron chi connectivity index (χ1n) is 7.88. The highest BCUT2D eigenvalue weighted by Crippen LogP contribution is 2.18. The maximum absolute atomic E-state index is 12.3. The predicted molar refractivity (Wildman–Crippen MR) is 93.6 cm³/mol. The van der Waals surface area contributed by atoms with Crippen LogP contribution in [0.1, 0.15) is 43.4 Å². The predicted octanol–water partition coefficient (Wildman–Crippen LogP) is 1.85. The van der Waals surface area contributed by atoms with Gasteiger partial charge in [-0.15, -0.1) is 12.4 Å². The third-order valence-electron chi connectivity index (χ3n) is 3.91. The molecule has 1 fully saturated rings. The molecule has 128 valence electrons. The van der Waals surface area contributed by atoms with Gasteiger partial charge < -0.3 is 16.0 Å². The molecule has 1 aliphatic heterocycles. The summed E-state index contributed by atoms with van der Waals surface area (Å²) in [5, 5.41) is 9.20. The van der Waals surface area contributed by atoms with Crippen molar-refractivity contribution in [3.05, 3.63) is 35.4 Å². The summed E-state index contributed by atoms with van der Waals surface area (Å²) in [6.07, 6.45) is 2.35. The second-order valence-corrected chi connectivity index (χ2v) is 5.98. The number of nitrogens with one attached hydrogen (secondary N) is 3. The van der Waals surface area contributed by atoms with Crippen LogP contribution in [0.5, 0.6) is 0 Å². The average Bonchev–Trinajstić information content (AvgIpc) is 2.48. The van der Waals surface area contributed by atoms with Crippen LogP contribution in [0, 0.1) is 6.92 Å². The maximum atomic E-state index is 12.3. The van der Waals surface area contributed by atoms with Crippen molar-refractivity contribution >= 4 is 24.2 Å². The van der Waals surface area contributed by atoms with E-state index in [0.717, 1.165) is 37.1 Å². The van der Waals surface area contributed by atoms with Gasteiger partial charge in [0.1, 0.15) is 0 Å². The summed E-state index contributed by atoms with van der Waals surface area (Å²) in [6, 6.07) is 7.82. The van der Waals surface area contributed by atoms with Crippen molar-refractivity contribution in [2.24, 2.45) is 0 Å². The minimum Gasteiger partial charge on any atom is -0.352 e. The first kappa shape index (κ1) is 19.5. The Morgan fingerprint density at radius 2 is 2.00 bits per heavy atom. The van der Waals surface area contributed by atoms with Crippen LogP contribution in [-0.2, 0) is 9.59 Å². The monoisotopic (exact) mass is 339 g/mol. The molecule has 3 N–H and O–H groups in total. The van der Waals surface area contributed by atoms with Gasteiger partial charge in [0.25, 0.3) is 0 Å². The molecule has 1 aromatic rings. The Morgan fingerprint density at radius 3 is 2.57 bits per heavy atom. The van der Waals surface area contributed by atoms with Gasteiger partial charge in [0, 0.05) is 19.5 Å². The number of rotatable bonds is 5. The molecule has 23 heavy (non-hydrogen) atoms. The van der Waals surface area contributed by atoms with Crippen LogP contribution in [0.2, 0.25) is 0 Å². The molecular weight excluding hydrogens is 314 g/mol. The van der Waals surface area contributed by atoms with Gasteiger partial charge in [0.15, 0.2) is 0 Å². The number of piperidine rings is 1. The van der Waals surface area contributed by atoms with E-state index in [4.69, 9.17) is 0 Å². The number of amides is 2. The molecule has 1 aliphatic rings. The van der Waals surface area contributed by atoms with Gasteiger partial charge in [-0.1, -0.05) is 29.8 Å². The normalized spacial score (nSPS) is 18.4. The number of hydrogen-bond donors (Lipinski definition) is 3. The number of benzene rings is 1. The van der Waals surface area contributed by atoms with Crippen molar-refractivity contribution in [3.8, 4) is 0 Å². The Morgan fingerprint density at radius 1 is 1.30 bits per heavy atom. The zero-order valence-corrected chi connectivity index (χ0v) is 14.5. The fourth-order valence-corrected chi connectivity index (χ4v) is 2.74. The fraction of sp³-hybridized carbons (Fsp3) is 0.529. The number of halogens is 1. The van der Waals surface area contributed by atoms with E-state index in [2.05, 4.69) is 16.0 Å². The van der Waals surface area contributed by atoms with Crippen LogP contribution in [0.3, 0.4) is 0 Å². The lowest BCUT2D eigenvalue weighted by Gasteiger charge is -2.25. The van der Waals surface area contributed by atoms with Gasteiger partial charge in [-0.05, 0) is 31.9 Å². The van der Waals surface area contributed by atoms with Crippen LogP contribution >= 0.6 is 12.4 Å². The lowest BCUT2D eigenvalue weighted by Crippen LogP contribution is -2.46. The maximum Gasteiger partial charge on any atom is 0.222 e. The minimum absolute atomic E-state index is 0. The second-order valence-electron chi connectivity index (χ2n) is 5.98. The summed E-state index contributed by atoms with van der Waals surface area (Å²) < 4.78 is 0. The first-order valence-corrected chi connectivity index (χ1v) is 7.88. The SMILES string of the molecule is CC(=O)NC(CC(=O)N[C@H]1CCCNC1)c1ccc(C)cc1.Cl. The third kappa shape index (κ3) is 6.59. The molecule has 1 saturated heterocycles. The molecule has 2 amide bonds. The van der Waals surface area contributed by atoms with E-state index in [1.807, 2.05) is 31.2 Å². The standard InChI is InChI=1S/C17H25N3O2.ClH/c1-12-5-7-14(8-6-12)16(19-13(2)21)10-17(22)20-15-4-3-9-18-11-15;/h5-8,15-16,18H,3-4,9-11H2,1-2H3,(H,19,21)(H,20,22);1H/t15-,16?;/m0./s1. The molecule has 1 aromatic carbocycles. The van der Waals surface area contributed by atoms with Crippen LogP contribution in [-0.4, -0.2) is 30.9 Å². The Hall–Kier alpha value is -1.59. The van der Waals surface area contributed by atoms with Crippen LogP contribution in [0.4, 0.5) is 0 Å². The van der Waals surface area contributed by atoms with Crippen molar-refractivity contribution in [3.63, 3.8) is 0 Å². The highest BCUT2D eigenvalue weighted by molar-refractivity contribution is 5.85. The van der Waals surface area contributed by atoms with E-state index < -0.39 is 0 Å². The molecule has 1 heterocycles. The Labute approximate surface area is 144 Å². The largest absolute Gasteiger partial charge is 0.352 e. The second kappa shape index (κ2) is 9.53. The van der Waals surface area contributed by atoms with Crippen molar-refractivity contribution in [2.75, 3.05) is 13.1 Å². The number of carbonyl (C=O) groups is 2. The molecule has 0 spiro atoms. The molecule has 0 saturated carbocycles. The van der Waals surface area contributed by atoms with Crippen LogP contribution < -0.4 is 16.0 Å². The van der Waals surface area contributed by atoms with Crippen LogP contribution in [0.15, 0.2) is 24.3 Å². The van der Waals surface area contributed by atoms with Crippen molar-refractivity contribution in [1.82, 2.24) is 16.0 Å². The Balaban J connectivity index is 0.00000264. The molecule has 0 radical (unpaired) electrons. The third-order valence-corrected chi connectivity index (χ3v) is 3.91. The lowest BCUT2D eigenvalue weighted by atomic mass is 10.0. The van der Waals surface area contributed by atoms with Crippen molar-refractivity contribution in [2.45, 2.75) is 45.2 Å². The summed E-state index contributed by atoms with van der Waals surface area (Å²) in [5.74, 6) is -0.147. The Kier molecular flexibility index (Phi) is 8.06. The van der Waals surface area contributed by atoms with Crippen molar-refractivity contribution in [1.29, 1.82) is 0 Å². The quantitative estimate of drug-likeness (QED) is 0.766. The van der Waals surface area contributed by atoms with E-state index in [0.29, 0.717) is 0 Å². The number of carbonyl (C=O) groups excluding carboxylic acids is 2. The van der Waals surface area contributed by atoms with E-state index in [9.17, 15) is 9.59 Å².